The Morgan fingerprint density at radius 3 is 2.28 bits per heavy atom. The third-order valence-corrected chi connectivity index (χ3v) is 6.54. The summed E-state index contributed by atoms with van der Waals surface area (Å²) in [6, 6.07) is 8.57. The Bertz CT molecular complexity index is 828. The highest BCUT2D eigenvalue weighted by molar-refractivity contribution is 7.99. The molecule has 0 spiro atoms. The Labute approximate surface area is 179 Å². The summed E-state index contributed by atoms with van der Waals surface area (Å²) in [7, 11) is 0. The molecular formula is C23H34N4OS. The van der Waals surface area contributed by atoms with Crippen molar-refractivity contribution < 1.29 is 4.79 Å². The Morgan fingerprint density at radius 2 is 1.72 bits per heavy atom. The lowest BCUT2D eigenvalue weighted by Gasteiger charge is -2.34. The molecule has 1 aromatic heterocycles. The van der Waals surface area contributed by atoms with Gasteiger partial charge in [0.25, 0.3) is 0 Å². The number of rotatable bonds is 5. The summed E-state index contributed by atoms with van der Waals surface area (Å²) in [5.41, 5.74) is 2.49. The van der Waals surface area contributed by atoms with E-state index >= 15 is 0 Å². The molecular weight excluding hydrogens is 380 g/mol. The van der Waals surface area contributed by atoms with Crippen molar-refractivity contribution in [1.29, 1.82) is 0 Å². The third-order valence-electron chi connectivity index (χ3n) is 5.59. The van der Waals surface area contributed by atoms with Crippen LogP contribution in [0, 0.1) is 11.8 Å². The lowest BCUT2D eigenvalue weighted by Crippen LogP contribution is -2.43. The van der Waals surface area contributed by atoms with Crippen LogP contribution in [0.3, 0.4) is 0 Å². The lowest BCUT2D eigenvalue weighted by molar-refractivity contribution is -0.130. The van der Waals surface area contributed by atoms with Gasteiger partial charge in [-0.2, -0.15) is 0 Å². The van der Waals surface area contributed by atoms with Crippen LogP contribution in [0.4, 0.5) is 0 Å². The van der Waals surface area contributed by atoms with Gasteiger partial charge in [-0.05, 0) is 36.2 Å². The normalized spacial score (nSPS) is 20.1. The summed E-state index contributed by atoms with van der Waals surface area (Å²) in [6.45, 7) is 15.7. The molecule has 2 unspecified atom stereocenters. The molecule has 5 nitrogen and oxygen atoms in total. The summed E-state index contributed by atoms with van der Waals surface area (Å²) in [6.07, 6.45) is 1.21. The van der Waals surface area contributed by atoms with Gasteiger partial charge in [0.15, 0.2) is 11.0 Å². The summed E-state index contributed by atoms with van der Waals surface area (Å²) >= 11 is 1.50. The molecule has 2 atom stereocenters. The molecule has 6 heteroatoms. The standard InChI is InChI=1S/C23H34N4OS/c1-7-27-21(18-8-10-19(11-9-18)23(4,5)6)24-25-22(27)29-15-20(28)26-13-16(2)12-17(3)14-26/h8-11,16-17H,7,12-15H2,1-6H3. The van der Waals surface area contributed by atoms with Gasteiger partial charge in [-0.1, -0.05) is 70.6 Å². The zero-order valence-corrected chi connectivity index (χ0v) is 19.4. The molecule has 29 heavy (non-hydrogen) atoms. The number of likely N-dealkylation sites (tertiary alicyclic amines) is 1. The topological polar surface area (TPSA) is 51.0 Å². The van der Waals surface area contributed by atoms with E-state index in [9.17, 15) is 4.79 Å². The molecule has 0 radical (unpaired) electrons. The minimum atomic E-state index is 0.127. The van der Waals surface area contributed by atoms with Crippen molar-refractivity contribution in [2.75, 3.05) is 18.8 Å². The maximum absolute atomic E-state index is 12.7. The van der Waals surface area contributed by atoms with E-state index in [1.54, 1.807) is 0 Å². The first kappa shape index (κ1) is 21.9. The van der Waals surface area contributed by atoms with Crippen molar-refractivity contribution in [3.63, 3.8) is 0 Å². The Hall–Kier alpha value is -1.82. The van der Waals surface area contributed by atoms with E-state index in [1.165, 1.54) is 23.7 Å². The molecule has 2 heterocycles. The lowest BCUT2D eigenvalue weighted by atomic mass is 9.87. The van der Waals surface area contributed by atoms with Crippen molar-refractivity contribution in [1.82, 2.24) is 19.7 Å². The molecule has 1 amide bonds. The SMILES string of the molecule is CCn1c(SCC(=O)N2CC(C)CC(C)C2)nnc1-c1ccc(C(C)(C)C)cc1. The Balaban J connectivity index is 1.70. The van der Waals surface area contributed by atoms with Gasteiger partial charge in [-0.25, -0.2) is 0 Å². The van der Waals surface area contributed by atoms with Gasteiger partial charge in [-0.15, -0.1) is 10.2 Å². The van der Waals surface area contributed by atoms with E-state index in [1.807, 2.05) is 4.90 Å². The Morgan fingerprint density at radius 1 is 1.10 bits per heavy atom. The second-order valence-corrected chi connectivity index (χ2v) is 10.4. The van der Waals surface area contributed by atoms with Crippen molar-refractivity contribution in [3.05, 3.63) is 29.8 Å². The number of thioether (sulfide) groups is 1. The van der Waals surface area contributed by atoms with Crippen LogP contribution in [0.5, 0.6) is 0 Å². The third kappa shape index (κ3) is 5.21. The van der Waals surface area contributed by atoms with Crippen LogP contribution < -0.4 is 0 Å². The first-order valence-corrected chi connectivity index (χ1v) is 11.6. The van der Waals surface area contributed by atoms with Crippen LogP contribution >= 0.6 is 11.8 Å². The van der Waals surface area contributed by atoms with Crippen LogP contribution in [0.2, 0.25) is 0 Å². The van der Waals surface area contributed by atoms with Gasteiger partial charge in [0, 0.05) is 25.2 Å². The van der Waals surface area contributed by atoms with Gasteiger partial charge in [-0.3, -0.25) is 4.79 Å². The summed E-state index contributed by atoms with van der Waals surface area (Å²) in [5, 5.41) is 9.63. The zero-order chi connectivity index (χ0) is 21.2. The molecule has 1 fully saturated rings. The highest BCUT2D eigenvalue weighted by Gasteiger charge is 2.26. The predicted octanol–water partition coefficient (Wildman–Crippen LogP) is 4.86. The fraction of sp³-hybridized carbons (Fsp3) is 0.609. The van der Waals surface area contributed by atoms with Crippen LogP contribution in [-0.2, 0) is 16.8 Å². The van der Waals surface area contributed by atoms with Crippen molar-refractivity contribution in [2.45, 2.75) is 65.1 Å². The maximum Gasteiger partial charge on any atom is 0.233 e. The molecule has 1 aliphatic rings. The molecule has 0 saturated carbocycles. The number of piperidine rings is 1. The summed E-state index contributed by atoms with van der Waals surface area (Å²) < 4.78 is 2.10. The minimum absolute atomic E-state index is 0.127. The molecule has 0 N–H and O–H groups in total. The number of carbonyl (C=O) groups excluding carboxylic acids is 1. The molecule has 0 bridgehead atoms. The average Bonchev–Trinajstić information content (AvgIpc) is 3.07. The second-order valence-electron chi connectivity index (χ2n) is 9.41. The van der Waals surface area contributed by atoms with Gasteiger partial charge in [0.2, 0.25) is 5.91 Å². The van der Waals surface area contributed by atoms with E-state index in [4.69, 9.17) is 0 Å². The molecule has 3 rings (SSSR count). The molecule has 2 aromatic rings. The van der Waals surface area contributed by atoms with Gasteiger partial charge < -0.3 is 9.47 Å². The number of amides is 1. The fourth-order valence-corrected chi connectivity index (χ4v) is 5.00. The number of nitrogens with zero attached hydrogens (tertiary/aromatic N) is 4. The zero-order valence-electron chi connectivity index (χ0n) is 18.6. The molecule has 1 saturated heterocycles. The first-order valence-electron chi connectivity index (χ1n) is 10.6. The van der Waals surface area contributed by atoms with E-state index in [0.29, 0.717) is 17.6 Å². The predicted molar refractivity (Wildman–Crippen MR) is 120 cm³/mol. The van der Waals surface area contributed by atoms with E-state index in [0.717, 1.165) is 36.2 Å². The van der Waals surface area contributed by atoms with Crippen LogP contribution in [0.1, 0.15) is 53.5 Å². The first-order chi connectivity index (χ1) is 13.7. The molecule has 1 aliphatic heterocycles. The molecule has 1 aromatic carbocycles. The summed E-state index contributed by atoms with van der Waals surface area (Å²) in [5.74, 6) is 2.64. The smallest absolute Gasteiger partial charge is 0.233 e. The number of benzene rings is 1. The van der Waals surface area contributed by atoms with Crippen molar-refractivity contribution in [3.8, 4) is 11.4 Å². The van der Waals surface area contributed by atoms with Gasteiger partial charge in [0.1, 0.15) is 0 Å². The number of hydrogen-bond donors (Lipinski definition) is 0. The quantitative estimate of drug-likeness (QED) is 0.656. The fourth-order valence-electron chi connectivity index (χ4n) is 4.10. The van der Waals surface area contributed by atoms with Gasteiger partial charge >= 0.3 is 0 Å². The number of hydrogen-bond acceptors (Lipinski definition) is 4. The van der Waals surface area contributed by atoms with Crippen LogP contribution in [-0.4, -0.2) is 44.4 Å². The Kier molecular flexibility index (Phi) is 6.72. The monoisotopic (exact) mass is 414 g/mol. The maximum atomic E-state index is 12.7. The van der Waals surface area contributed by atoms with Crippen LogP contribution in [0.15, 0.2) is 29.4 Å². The molecule has 0 aliphatic carbocycles. The average molecular weight is 415 g/mol. The number of carbonyl (C=O) groups is 1. The van der Waals surface area contributed by atoms with E-state index < -0.39 is 0 Å². The summed E-state index contributed by atoms with van der Waals surface area (Å²) in [4.78, 5) is 14.7. The van der Waals surface area contributed by atoms with E-state index in [2.05, 4.69) is 80.6 Å². The highest BCUT2D eigenvalue weighted by Crippen LogP contribution is 2.28. The van der Waals surface area contributed by atoms with Gasteiger partial charge in [0.05, 0.1) is 5.75 Å². The van der Waals surface area contributed by atoms with E-state index in [-0.39, 0.29) is 11.3 Å². The minimum Gasteiger partial charge on any atom is -0.341 e. The largest absolute Gasteiger partial charge is 0.341 e. The van der Waals surface area contributed by atoms with Crippen molar-refractivity contribution >= 4 is 17.7 Å². The highest BCUT2D eigenvalue weighted by atomic mass is 32.2. The van der Waals surface area contributed by atoms with Crippen LogP contribution in [0.25, 0.3) is 11.4 Å². The van der Waals surface area contributed by atoms with Crippen molar-refractivity contribution in [2.24, 2.45) is 11.8 Å². The molecule has 158 valence electrons. The number of aromatic nitrogens is 3. The second kappa shape index (κ2) is 8.90.